The number of carbonyl (C=O) groups excluding carboxylic acids is 1. The molecule has 18 heavy (non-hydrogen) atoms. The van der Waals surface area contributed by atoms with E-state index in [0.717, 1.165) is 12.5 Å². The second-order valence-electron chi connectivity index (χ2n) is 3.78. The smallest absolute Gasteiger partial charge is 0.339 e. The Hall–Kier alpha value is -1.95. The van der Waals surface area contributed by atoms with E-state index >= 15 is 0 Å². The Morgan fingerprint density at radius 2 is 2.28 bits per heavy atom. The molecule has 0 bridgehead atoms. The topological polar surface area (TPSA) is 89.7 Å². The van der Waals surface area contributed by atoms with Crippen molar-refractivity contribution in [2.45, 2.75) is 25.9 Å². The lowest BCUT2D eigenvalue weighted by atomic mass is 10.1. The summed E-state index contributed by atoms with van der Waals surface area (Å²) in [5.41, 5.74) is -0.0152. The summed E-state index contributed by atoms with van der Waals surface area (Å²) < 4.78 is 4.84. The lowest BCUT2D eigenvalue weighted by molar-refractivity contribution is -0.385. The Bertz CT molecular complexity index is 432. The monoisotopic (exact) mass is 253 g/mol. The number of hydrogen-bond acceptors (Lipinski definition) is 5. The number of non-ortho nitro benzene ring substituents is 1. The summed E-state index contributed by atoms with van der Waals surface area (Å²) in [6.07, 6.45) is 0.106. The quantitative estimate of drug-likeness (QED) is 0.362. The van der Waals surface area contributed by atoms with Crippen LogP contribution in [0.15, 0.2) is 24.3 Å². The zero-order valence-corrected chi connectivity index (χ0v) is 10.0. The largest absolute Gasteiger partial charge is 0.464 e. The van der Waals surface area contributed by atoms with Crippen molar-refractivity contribution >= 4 is 11.7 Å². The molecular formula is C12H15NO5. The maximum absolute atomic E-state index is 11.5. The molecule has 6 heteroatoms. The van der Waals surface area contributed by atoms with Gasteiger partial charge in [0.25, 0.3) is 5.69 Å². The highest BCUT2D eigenvalue weighted by Crippen LogP contribution is 2.20. The van der Waals surface area contributed by atoms with Crippen LogP contribution in [-0.2, 0) is 9.53 Å². The molecule has 6 nitrogen and oxygen atoms in total. The SMILES string of the molecule is CCCCOC(=O)C(O)c1cccc([N+](=O)[O-])c1. The highest BCUT2D eigenvalue weighted by molar-refractivity contribution is 5.76. The molecule has 98 valence electrons. The number of nitro benzene ring substituents is 1. The van der Waals surface area contributed by atoms with E-state index in [1.807, 2.05) is 6.92 Å². The predicted molar refractivity (Wildman–Crippen MR) is 63.9 cm³/mol. The fraction of sp³-hybridized carbons (Fsp3) is 0.417. The average molecular weight is 253 g/mol. The van der Waals surface area contributed by atoms with Crippen molar-refractivity contribution in [3.8, 4) is 0 Å². The highest BCUT2D eigenvalue weighted by Gasteiger charge is 2.20. The summed E-state index contributed by atoms with van der Waals surface area (Å²) >= 11 is 0. The van der Waals surface area contributed by atoms with Gasteiger partial charge in [-0.15, -0.1) is 0 Å². The van der Waals surface area contributed by atoms with E-state index in [9.17, 15) is 20.0 Å². The maximum Gasteiger partial charge on any atom is 0.339 e. The molecule has 0 aliphatic rings. The number of esters is 1. The van der Waals surface area contributed by atoms with Crippen LogP contribution in [0.4, 0.5) is 5.69 Å². The molecular weight excluding hydrogens is 238 g/mol. The number of unbranched alkanes of at least 4 members (excludes halogenated alkanes) is 1. The summed E-state index contributed by atoms with van der Waals surface area (Å²) in [6.45, 7) is 2.19. The number of nitrogens with zero attached hydrogens (tertiary/aromatic N) is 1. The standard InChI is InChI=1S/C12H15NO5/c1-2-3-7-18-12(15)11(14)9-5-4-6-10(8-9)13(16)17/h4-6,8,11,14H,2-3,7H2,1H3. The van der Waals surface area contributed by atoms with Gasteiger partial charge in [0.05, 0.1) is 11.5 Å². The van der Waals surface area contributed by atoms with Crippen LogP contribution >= 0.6 is 0 Å². The lowest BCUT2D eigenvalue weighted by Crippen LogP contribution is -2.16. The van der Waals surface area contributed by atoms with Crippen molar-refractivity contribution in [1.82, 2.24) is 0 Å². The molecule has 0 aliphatic heterocycles. The van der Waals surface area contributed by atoms with Crippen LogP contribution in [0.5, 0.6) is 0 Å². The van der Waals surface area contributed by atoms with Crippen molar-refractivity contribution < 1.29 is 19.6 Å². The first-order valence-corrected chi connectivity index (χ1v) is 5.65. The first kappa shape index (κ1) is 14.1. The number of aliphatic hydroxyl groups excluding tert-OH is 1. The maximum atomic E-state index is 11.5. The zero-order valence-electron chi connectivity index (χ0n) is 10.0. The van der Waals surface area contributed by atoms with Gasteiger partial charge in [0.1, 0.15) is 0 Å². The van der Waals surface area contributed by atoms with Gasteiger partial charge in [-0.3, -0.25) is 10.1 Å². The molecule has 0 saturated carbocycles. The third-order valence-corrected chi connectivity index (χ3v) is 2.36. The van der Waals surface area contributed by atoms with Crippen LogP contribution in [-0.4, -0.2) is 22.6 Å². The number of ether oxygens (including phenoxy) is 1. The predicted octanol–water partition coefficient (Wildman–Crippen LogP) is 1.97. The van der Waals surface area contributed by atoms with Gasteiger partial charge in [-0.1, -0.05) is 25.5 Å². The van der Waals surface area contributed by atoms with Gasteiger partial charge in [-0.05, 0) is 12.0 Å². The Kier molecular flexibility index (Phi) is 5.26. The molecule has 0 amide bonds. The number of nitro groups is 1. The summed E-state index contributed by atoms with van der Waals surface area (Å²) in [5.74, 6) is -0.788. The minimum Gasteiger partial charge on any atom is -0.464 e. The second kappa shape index (κ2) is 6.70. The average Bonchev–Trinajstić information content (AvgIpc) is 2.38. The summed E-state index contributed by atoms with van der Waals surface area (Å²) in [6, 6.07) is 5.30. The first-order chi connectivity index (χ1) is 8.56. The summed E-state index contributed by atoms with van der Waals surface area (Å²) in [4.78, 5) is 21.4. The highest BCUT2D eigenvalue weighted by atomic mass is 16.6. The van der Waals surface area contributed by atoms with E-state index in [0.29, 0.717) is 6.42 Å². The van der Waals surface area contributed by atoms with E-state index in [1.54, 1.807) is 0 Å². The molecule has 0 saturated heterocycles. The van der Waals surface area contributed by atoms with Gasteiger partial charge in [-0.25, -0.2) is 4.79 Å². The lowest BCUT2D eigenvalue weighted by Gasteiger charge is -2.10. The molecule has 0 spiro atoms. The molecule has 0 heterocycles. The molecule has 1 N–H and O–H groups in total. The van der Waals surface area contributed by atoms with Crippen LogP contribution in [0, 0.1) is 10.1 Å². The first-order valence-electron chi connectivity index (χ1n) is 5.65. The van der Waals surface area contributed by atoms with E-state index < -0.39 is 17.0 Å². The van der Waals surface area contributed by atoms with Gasteiger partial charge in [0.15, 0.2) is 6.10 Å². The van der Waals surface area contributed by atoms with Gasteiger partial charge in [0, 0.05) is 12.1 Å². The van der Waals surface area contributed by atoms with Crippen LogP contribution < -0.4 is 0 Å². The minimum absolute atomic E-state index is 0.158. The number of carbonyl (C=O) groups is 1. The second-order valence-corrected chi connectivity index (χ2v) is 3.78. The molecule has 1 aromatic rings. The van der Waals surface area contributed by atoms with Crippen molar-refractivity contribution in [1.29, 1.82) is 0 Å². The Balaban J connectivity index is 2.71. The molecule has 1 unspecified atom stereocenters. The molecule has 1 aromatic carbocycles. The van der Waals surface area contributed by atoms with Crippen LogP contribution in [0.25, 0.3) is 0 Å². The molecule has 0 aromatic heterocycles. The molecule has 0 aliphatic carbocycles. The Morgan fingerprint density at radius 1 is 1.56 bits per heavy atom. The Labute approximate surface area is 104 Å². The third kappa shape index (κ3) is 3.81. The van der Waals surface area contributed by atoms with E-state index in [-0.39, 0.29) is 17.9 Å². The molecule has 1 atom stereocenters. The zero-order chi connectivity index (χ0) is 13.5. The molecule has 0 radical (unpaired) electrons. The van der Waals surface area contributed by atoms with Crippen molar-refractivity contribution in [2.24, 2.45) is 0 Å². The normalized spacial score (nSPS) is 11.9. The van der Waals surface area contributed by atoms with Crippen LogP contribution in [0.1, 0.15) is 31.4 Å². The van der Waals surface area contributed by atoms with Gasteiger partial charge < -0.3 is 9.84 Å². The van der Waals surface area contributed by atoms with Crippen molar-refractivity contribution in [3.05, 3.63) is 39.9 Å². The number of rotatable bonds is 6. The van der Waals surface area contributed by atoms with Gasteiger partial charge in [0.2, 0.25) is 0 Å². The van der Waals surface area contributed by atoms with Crippen molar-refractivity contribution in [3.63, 3.8) is 0 Å². The number of benzene rings is 1. The summed E-state index contributed by atoms with van der Waals surface area (Å²) in [5, 5.41) is 20.3. The molecule has 1 rings (SSSR count). The van der Waals surface area contributed by atoms with Crippen LogP contribution in [0.2, 0.25) is 0 Å². The number of hydrogen-bond donors (Lipinski definition) is 1. The van der Waals surface area contributed by atoms with Gasteiger partial charge >= 0.3 is 5.97 Å². The van der Waals surface area contributed by atoms with E-state index in [1.165, 1.54) is 18.2 Å². The number of aliphatic hydroxyl groups is 1. The fourth-order valence-electron chi connectivity index (χ4n) is 1.34. The Morgan fingerprint density at radius 3 is 2.89 bits per heavy atom. The van der Waals surface area contributed by atoms with Crippen molar-refractivity contribution in [2.75, 3.05) is 6.61 Å². The summed E-state index contributed by atoms with van der Waals surface area (Å²) in [7, 11) is 0. The van der Waals surface area contributed by atoms with Crippen LogP contribution in [0.3, 0.4) is 0 Å². The third-order valence-electron chi connectivity index (χ3n) is 2.36. The fourth-order valence-corrected chi connectivity index (χ4v) is 1.34. The van der Waals surface area contributed by atoms with E-state index in [4.69, 9.17) is 4.74 Å². The molecule has 0 fully saturated rings. The minimum atomic E-state index is -1.48. The van der Waals surface area contributed by atoms with E-state index in [2.05, 4.69) is 0 Å². The van der Waals surface area contributed by atoms with Gasteiger partial charge in [-0.2, -0.15) is 0 Å².